The molecule has 0 bridgehead atoms. The molecule has 2 heterocycles. The van der Waals surface area contributed by atoms with Gasteiger partial charge >= 0.3 is 0 Å². The van der Waals surface area contributed by atoms with E-state index >= 15 is 0 Å². The molecule has 0 unspecified atom stereocenters. The maximum absolute atomic E-state index is 5.49. The molecule has 0 saturated carbocycles. The zero-order chi connectivity index (χ0) is 11.4. The van der Waals surface area contributed by atoms with Crippen LogP contribution < -0.4 is 10.5 Å². The normalized spacial score (nSPS) is 10.9. The van der Waals surface area contributed by atoms with E-state index in [0.717, 1.165) is 30.1 Å². The number of nitrogens with zero attached hydrogens (tertiary/aromatic N) is 3. The number of aryl methyl sites for hydroxylation is 1. The third-order valence-electron chi connectivity index (χ3n) is 2.27. The Labute approximate surface area is 94.2 Å². The quantitative estimate of drug-likeness (QED) is 0.817. The largest absolute Gasteiger partial charge is 0.490 e. The van der Waals surface area contributed by atoms with E-state index in [1.807, 2.05) is 25.3 Å². The van der Waals surface area contributed by atoms with Crippen LogP contribution in [0.2, 0.25) is 0 Å². The molecule has 0 spiro atoms. The van der Waals surface area contributed by atoms with Gasteiger partial charge in [0.05, 0.1) is 6.61 Å². The van der Waals surface area contributed by atoms with E-state index in [-0.39, 0.29) is 0 Å². The van der Waals surface area contributed by atoms with Crippen LogP contribution in [-0.4, -0.2) is 27.7 Å². The lowest BCUT2D eigenvalue weighted by Crippen LogP contribution is -2.01. The minimum atomic E-state index is 0.630. The fourth-order valence-corrected chi connectivity index (χ4v) is 1.56. The van der Waals surface area contributed by atoms with Crippen LogP contribution in [0.4, 0.5) is 0 Å². The molecule has 2 aromatic rings. The lowest BCUT2D eigenvalue weighted by molar-refractivity contribution is 0.342. The summed E-state index contributed by atoms with van der Waals surface area (Å²) in [6.07, 6.45) is 3.58. The van der Waals surface area contributed by atoms with Gasteiger partial charge in [0, 0.05) is 12.6 Å². The van der Waals surface area contributed by atoms with Gasteiger partial charge in [0.15, 0.2) is 17.2 Å². The van der Waals surface area contributed by atoms with Crippen LogP contribution >= 0.6 is 0 Å². The van der Waals surface area contributed by atoms with Crippen molar-refractivity contribution in [1.82, 2.24) is 14.6 Å². The first-order valence-electron chi connectivity index (χ1n) is 5.52. The van der Waals surface area contributed by atoms with Crippen molar-refractivity contribution in [2.45, 2.75) is 19.8 Å². The van der Waals surface area contributed by atoms with Crippen LogP contribution in [0.1, 0.15) is 19.2 Å². The number of hydrogen-bond acceptors (Lipinski definition) is 4. The highest BCUT2D eigenvalue weighted by atomic mass is 16.5. The van der Waals surface area contributed by atoms with E-state index in [2.05, 4.69) is 10.1 Å². The predicted octanol–water partition coefficient (Wildman–Crippen LogP) is 1.02. The molecule has 0 fully saturated rings. The highest BCUT2D eigenvalue weighted by Crippen LogP contribution is 2.17. The zero-order valence-corrected chi connectivity index (χ0v) is 9.39. The van der Waals surface area contributed by atoms with Crippen molar-refractivity contribution in [1.29, 1.82) is 0 Å². The van der Waals surface area contributed by atoms with Crippen LogP contribution in [0.15, 0.2) is 18.3 Å². The molecule has 0 aliphatic carbocycles. The summed E-state index contributed by atoms with van der Waals surface area (Å²) in [6, 6.07) is 3.81. The molecule has 16 heavy (non-hydrogen) atoms. The molecule has 0 aliphatic heterocycles. The Kier molecular flexibility index (Phi) is 3.36. The average molecular weight is 220 g/mol. The second-order valence-electron chi connectivity index (χ2n) is 3.49. The lowest BCUT2D eigenvalue weighted by atomic mass is 10.3. The van der Waals surface area contributed by atoms with Gasteiger partial charge in [-0.25, -0.2) is 9.50 Å². The Balaban J connectivity index is 2.32. The molecule has 2 rings (SSSR count). The van der Waals surface area contributed by atoms with Crippen molar-refractivity contribution in [2.24, 2.45) is 5.73 Å². The third-order valence-corrected chi connectivity index (χ3v) is 2.27. The van der Waals surface area contributed by atoms with E-state index in [9.17, 15) is 0 Å². The van der Waals surface area contributed by atoms with Gasteiger partial charge in [-0.1, -0.05) is 0 Å². The minimum Gasteiger partial charge on any atom is -0.490 e. The Morgan fingerprint density at radius 3 is 3.12 bits per heavy atom. The fourth-order valence-electron chi connectivity index (χ4n) is 1.56. The van der Waals surface area contributed by atoms with Gasteiger partial charge in [0.25, 0.3) is 0 Å². The van der Waals surface area contributed by atoms with Crippen LogP contribution in [0, 0.1) is 0 Å². The van der Waals surface area contributed by atoms with E-state index in [1.54, 1.807) is 4.52 Å². The highest BCUT2D eigenvalue weighted by Gasteiger charge is 2.07. The number of aromatic nitrogens is 3. The molecule has 0 aliphatic rings. The molecular formula is C11H16N4O. The van der Waals surface area contributed by atoms with Crippen molar-refractivity contribution in [3.05, 3.63) is 24.2 Å². The second kappa shape index (κ2) is 4.94. The van der Waals surface area contributed by atoms with Gasteiger partial charge in [-0.2, -0.15) is 5.10 Å². The van der Waals surface area contributed by atoms with Crippen molar-refractivity contribution in [3.63, 3.8) is 0 Å². The summed E-state index contributed by atoms with van der Waals surface area (Å²) in [5.41, 5.74) is 6.24. The van der Waals surface area contributed by atoms with Gasteiger partial charge in [0.1, 0.15) is 0 Å². The van der Waals surface area contributed by atoms with Crippen LogP contribution in [0.5, 0.6) is 5.75 Å². The maximum atomic E-state index is 5.49. The maximum Gasteiger partial charge on any atom is 0.198 e. The summed E-state index contributed by atoms with van der Waals surface area (Å²) in [5.74, 6) is 1.59. The van der Waals surface area contributed by atoms with Gasteiger partial charge in [0.2, 0.25) is 0 Å². The van der Waals surface area contributed by atoms with Crippen LogP contribution in [0.3, 0.4) is 0 Å². The van der Waals surface area contributed by atoms with E-state index in [1.165, 1.54) is 0 Å². The zero-order valence-electron chi connectivity index (χ0n) is 9.39. The van der Waals surface area contributed by atoms with Gasteiger partial charge in [-0.3, -0.25) is 0 Å². The van der Waals surface area contributed by atoms with E-state index in [4.69, 9.17) is 10.5 Å². The smallest absolute Gasteiger partial charge is 0.198 e. The first-order valence-corrected chi connectivity index (χ1v) is 5.52. The number of rotatable bonds is 5. The molecule has 0 saturated heterocycles. The van der Waals surface area contributed by atoms with Crippen LogP contribution in [0.25, 0.3) is 5.65 Å². The van der Waals surface area contributed by atoms with E-state index in [0.29, 0.717) is 13.2 Å². The first-order chi connectivity index (χ1) is 7.85. The standard InChI is InChI=1S/C11H16N4O/c1-2-16-9-5-4-8-15-11(9)13-10(14-15)6-3-7-12/h4-5,8H,2-3,6-7,12H2,1H3. The summed E-state index contributed by atoms with van der Waals surface area (Å²) < 4.78 is 7.24. The molecule has 86 valence electrons. The van der Waals surface area contributed by atoms with Crippen molar-refractivity contribution >= 4 is 5.65 Å². The number of ether oxygens (including phenoxy) is 1. The molecule has 0 radical (unpaired) electrons. The lowest BCUT2D eigenvalue weighted by Gasteiger charge is -2.02. The summed E-state index contributed by atoms with van der Waals surface area (Å²) in [7, 11) is 0. The Morgan fingerprint density at radius 2 is 2.38 bits per heavy atom. The second-order valence-corrected chi connectivity index (χ2v) is 3.49. The number of pyridine rings is 1. The molecule has 2 N–H and O–H groups in total. The summed E-state index contributed by atoms with van der Waals surface area (Å²) >= 11 is 0. The topological polar surface area (TPSA) is 65.4 Å². The Morgan fingerprint density at radius 1 is 1.50 bits per heavy atom. The Bertz CT molecular complexity index is 466. The molecule has 5 nitrogen and oxygen atoms in total. The van der Waals surface area contributed by atoms with Crippen molar-refractivity contribution in [2.75, 3.05) is 13.2 Å². The number of fused-ring (bicyclic) bond motifs is 1. The van der Waals surface area contributed by atoms with Crippen molar-refractivity contribution in [3.8, 4) is 5.75 Å². The molecule has 2 aromatic heterocycles. The first kappa shape index (κ1) is 10.9. The number of hydrogen-bond donors (Lipinski definition) is 1. The van der Waals surface area contributed by atoms with Gasteiger partial charge in [-0.05, 0) is 32.0 Å². The fraction of sp³-hybridized carbons (Fsp3) is 0.455. The van der Waals surface area contributed by atoms with E-state index < -0.39 is 0 Å². The van der Waals surface area contributed by atoms with Crippen molar-refractivity contribution < 1.29 is 4.74 Å². The third kappa shape index (κ3) is 2.14. The molecule has 5 heteroatoms. The van der Waals surface area contributed by atoms with Gasteiger partial charge in [-0.15, -0.1) is 0 Å². The predicted molar refractivity (Wildman–Crippen MR) is 61.5 cm³/mol. The van der Waals surface area contributed by atoms with Gasteiger partial charge < -0.3 is 10.5 Å². The molecule has 0 atom stereocenters. The highest BCUT2D eigenvalue weighted by molar-refractivity contribution is 5.52. The molecule has 0 aromatic carbocycles. The summed E-state index contributed by atoms with van der Waals surface area (Å²) in [6.45, 7) is 3.24. The monoisotopic (exact) mass is 220 g/mol. The summed E-state index contributed by atoms with van der Waals surface area (Å²) in [5, 5.41) is 4.36. The summed E-state index contributed by atoms with van der Waals surface area (Å²) in [4.78, 5) is 4.44. The minimum absolute atomic E-state index is 0.630. The number of nitrogens with two attached hydrogens (primary N) is 1. The average Bonchev–Trinajstić information content (AvgIpc) is 2.70. The molecular weight excluding hydrogens is 204 g/mol. The molecule has 0 amide bonds. The Hall–Kier alpha value is -1.62. The SMILES string of the molecule is CCOc1cccn2nc(CCCN)nc12. The van der Waals surface area contributed by atoms with Crippen LogP contribution in [-0.2, 0) is 6.42 Å².